The lowest BCUT2D eigenvalue weighted by Gasteiger charge is -2.31. The van der Waals surface area contributed by atoms with Crippen molar-refractivity contribution in [1.29, 1.82) is 0 Å². The molecule has 4 N–H and O–H groups in total. The van der Waals surface area contributed by atoms with Crippen LogP contribution in [0.25, 0.3) is 0 Å². The molecular weight excluding hydrogens is 268 g/mol. The topological polar surface area (TPSA) is 81.6 Å². The number of nitrogens with one attached hydrogen (secondary N) is 2. The largest absolute Gasteiger partial charge is 0.396 e. The summed E-state index contributed by atoms with van der Waals surface area (Å²) in [6.07, 6.45) is 3.79. The Kier molecular flexibility index (Phi) is 5.15. The average molecular weight is 298 g/mol. The van der Waals surface area contributed by atoms with Gasteiger partial charge in [0.2, 0.25) is 0 Å². The minimum atomic E-state index is -0.366. The number of hydrogen-bond donors (Lipinski definition) is 4. The molecule has 0 heterocycles. The van der Waals surface area contributed by atoms with Gasteiger partial charge < -0.3 is 20.8 Å². The second kappa shape index (κ2) is 6.53. The summed E-state index contributed by atoms with van der Waals surface area (Å²) in [6.45, 7) is 6.54. The van der Waals surface area contributed by atoms with Crippen molar-refractivity contribution in [3.05, 3.63) is 0 Å². The van der Waals surface area contributed by atoms with Gasteiger partial charge in [-0.2, -0.15) is 0 Å². The van der Waals surface area contributed by atoms with Crippen molar-refractivity contribution in [3.8, 4) is 0 Å². The highest BCUT2D eigenvalue weighted by Crippen LogP contribution is 2.48. The lowest BCUT2D eigenvalue weighted by atomic mass is 9.85. The molecule has 2 fully saturated rings. The van der Waals surface area contributed by atoms with Crippen LogP contribution in [-0.4, -0.2) is 41.5 Å². The Hall–Kier alpha value is -0.810. The highest BCUT2D eigenvalue weighted by atomic mass is 16.3. The summed E-state index contributed by atoms with van der Waals surface area (Å²) in [5.74, 6) is 1.33. The number of amides is 2. The van der Waals surface area contributed by atoms with E-state index in [1.807, 2.05) is 13.8 Å². The molecule has 5 atom stereocenters. The van der Waals surface area contributed by atoms with E-state index in [4.69, 9.17) is 0 Å². The predicted molar refractivity (Wildman–Crippen MR) is 81.8 cm³/mol. The summed E-state index contributed by atoms with van der Waals surface area (Å²) < 4.78 is 0. The van der Waals surface area contributed by atoms with Gasteiger partial charge in [-0.3, -0.25) is 0 Å². The average Bonchev–Trinajstić information content (AvgIpc) is 2.95. The van der Waals surface area contributed by atoms with Crippen LogP contribution in [0.4, 0.5) is 4.79 Å². The van der Waals surface area contributed by atoms with Crippen LogP contribution in [0.5, 0.6) is 0 Å². The number of rotatable bonds is 6. The quantitative estimate of drug-likeness (QED) is 0.600. The van der Waals surface area contributed by atoms with Crippen molar-refractivity contribution in [2.24, 2.45) is 23.2 Å². The van der Waals surface area contributed by atoms with Gasteiger partial charge in [0.25, 0.3) is 0 Å². The van der Waals surface area contributed by atoms with Crippen LogP contribution in [0.3, 0.4) is 0 Å². The van der Waals surface area contributed by atoms with Crippen LogP contribution >= 0.6 is 0 Å². The van der Waals surface area contributed by atoms with Crippen molar-refractivity contribution in [1.82, 2.24) is 10.6 Å². The third-order valence-corrected chi connectivity index (χ3v) is 5.17. The number of aliphatic hydroxyl groups is 2. The van der Waals surface area contributed by atoms with Gasteiger partial charge in [0.05, 0.1) is 6.10 Å². The standard InChI is InChI=1S/C16H30N2O3/c1-10(20)7-16(2,3)9-17-15(21)18-14-12-5-4-11(6-12)13(14)8-19/h10-14,19-20H,4-9H2,1-3H3,(H2,17,18,21). The van der Waals surface area contributed by atoms with E-state index in [-0.39, 0.29) is 36.1 Å². The number of urea groups is 1. The van der Waals surface area contributed by atoms with Crippen molar-refractivity contribution in [3.63, 3.8) is 0 Å². The monoisotopic (exact) mass is 298 g/mol. The van der Waals surface area contributed by atoms with E-state index in [1.54, 1.807) is 6.92 Å². The van der Waals surface area contributed by atoms with Gasteiger partial charge in [-0.15, -0.1) is 0 Å². The van der Waals surface area contributed by atoms with Gasteiger partial charge >= 0.3 is 6.03 Å². The first-order chi connectivity index (χ1) is 9.82. The van der Waals surface area contributed by atoms with Crippen LogP contribution in [0.1, 0.15) is 46.5 Å². The minimum absolute atomic E-state index is 0.119. The number of hydrogen-bond acceptors (Lipinski definition) is 3. The van der Waals surface area contributed by atoms with E-state index in [9.17, 15) is 15.0 Å². The van der Waals surface area contributed by atoms with Gasteiger partial charge in [0.15, 0.2) is 0 Å². The van der Waals surface area contributed by atoms with Gasteiger partial charge in [-0.1, -0.05) is 13.8 Å². The SMILES string of the molecule is CC(O)CC(C)(C)CNC(=O)NC1C2CCC(C2)C1CO. The molecule has 2 saturated carbocycles. The van der Waals surface area contributed by atoms with Crippen LogP contribution in [-0.2, 0) is 0 Å². The maximum Gasteiger partial charge on any atom is 0.315 e. The summed E-state index contributed by atoms with van der Waals surface area (Å²) in [7, 11) is 0. The first kappa shape index (κ1) is 16.6. The predicted octanol–water partition coefficient (Wildman–Crippen LogP) is 1.49. The van der Waals surface area contributed by atoms with E-state index in [2.05, 4.69) is 10.6 Å². The highest BCUT2D eigenvalue weighted by Gasteiger charge is 2.47. The zero-order valence-electron chi connectivity index (χ0n) is 13.4. The molecule has 0 radical (unpaired) electrons. The molecule has 5 unspecified atom stereocenters. The molecular formula is C16H30N2O3. The molecule has 0 aromatic heterocycles. The molecule has 2 rings (SSSR count). The summed E-state index contributed by atoms with van der Waals surface area (Å²) in [5.41, 5.74) is -0.128. The highest BCUT2D eigenvalue weighted by molar-refractivity contribution is 5.74. The molecule has 2 amide bonds. The molecule has 122 valence electrons. The van der Waals surface area contributed by atoms with Crippen LogP contribution in [0, 0.1) is 23.2 Å². The van der Waals surface area contributed by atoms with Crippen molar-refractivity contribution < 1.29 is 15.0 Å². The molecule has 0 saturated heterocycles. The molecule has 21 heavy (non-hydrogen) atoms. The van der Waals surface area contributed by atoms with Gasteiger partial charge in [0.1, 0.15) is 0 Å². The van der Waals surface area contributed by atoms with Crippen molar-refractivity contribution >= 4 is 6.03 Å². The summed E-state index contributed by atoms with van der Waals surface area (Å²) in [5, 5.41) is 25.0. The van der Waals surface area contributed by atoms with E-state index >= 15 is 0 Å². The Morgan fingerprint density at radius 3 is 2.62 bits per heavy atom. The Balaban J connectivity index is 1.79. The van der Waals surface area contributed by atoms with E-state index in [0.717, 1.165) is 6.42 Å². The third-order valence-electron chi connectivity index (χ3n) is 5.17. The van der Waals surface area contributed by atoms with Gasteiger partial charge in [-0.25, -0.2) is 4.79 Å². The summed E-state index contributed by atoms with van der Waals surface area (Å²) in [4.78, 5) is 12.1. The molecule has 5 nitrogen and oxygen atoms in total. The zero-order valence-corrected chi connectivity index (χ0v) is 13.4. The molecule has 0 aromatic rings. The molecule has 2 aliphatic rings. The third kappa shape index (κ3) is 4.10. The summed E-state index contributed by atoms with van der Waals surface area (Å²) >= 11 is 0. The Morgan fingerprint density at radius 1 is 1.33 bits per heavy atom. The number of fused-ring (bicyclic) bond motifs is 2. The number of carbonyl (C=O) groups is 1. The lowest BCUT2D eigenvalue weighted by Crippen LogP contribution is -2.50. The summed E-state index contributed by atoms with van der Waals surface area (Å²) in [6, 6.07) is -0.0294. The molecule has 5 heteroatoms. The smallest absolute Gasteiger partial charge is 0.315 e. The Bertz CT molecular complexity index is 371. The Labute approximate surface area is 127 Å². The van der Waals surface area contributed by atoms with E-state index < -0.39 is 0 Å². The number of aliphatic hydroxyl groups excluding tert-OH is 2. The lowest BCUT2D eigenvalue weighted by molar-refractivity contribution is 0.126. The van der Waals surface area contributed by atoms with Gasteiger partial charge in [0, 0.05) is 25.1 Å². The fraction of sp³-hybridized carbons (Fsp3) is 0.938. The Morgan fingerprint density at radius 2 is 2.00 bits per heavy atom. The van der Waals surface area contributed by atoms with Gasteiger partial charge in [-0.05, 0) is 49.9 Å². The molecule has 2 aliphatic carbocycles. The molecule has 2 bridgehead atoms. The van der Waals surface area contributed by atoms with E-state index in [1.165, 1.54) is 12.8 Å². The van der Waals surface area contributed by atoms with Crippen LogP contribution in [0.15, 0.2) is 0 Å². The number of carbonyl (C=O) groups excluding carboxylic acids is 1. The van der Waals surface area contributed by atoms with Crippen molar-refractivity contribution in [2.75, 3.05) is 13.2 Å². The van der Waals surface area contributed by atoms with Crippen LogP contribution < -0.4 is 10.6 Å². The molecule has 0 aromatic carbocycles. The minimum Gasteiger partial charge on any atom is -0.396 e. The fourth-order valence-corrected chi connectivity index (χ4v) is 4.29. The molecule has 0 aliphatic heterocycles. The van der Waals surface area contributed by atoms with E-state index in [0.29, 0.717) is 24.8 Å². The molecule has 0 spiro atoms. The second-order valence-corrected chi connectivity index (χ2v) is 7.75. The van der Waals surface area contributed by atoms with Crippen LogP contribution in [0.2, 0.25) is 0 Å². The zero-order chi connectivity index (χ0) is 15.6. The maximum absolute atomic E-state index is 12.1. The normalized spacial score (nSPS) is 33.0. The first-order valence-electron chi connectivity index (χ1n) is 8.15. The van der Waals surface area contributed by atoms with Crippen molar-refractivity contribution in [2.45, 2.75) is 58.6 Å². The first-order valence-corrected chi connectivity index (χ1v) is 8.15. The maximum atomic E-state index is 12.1. The second-order valence-electron chi connectivity index (χ2n) is 7.75. The fourth-order valence-electron chi connectivity index (χ4n) is 4.29.